The van der Waals surface area contributed by atoms with Gasteiger partial charge in [-0.05, 0) is 36.8 Å². The fraction of sp³-hybridized carbons (Fsp3) is 0.294. The van der Waals surface area contributed by atoms with Gasteiger partial charge in [0.2, 0.25) is 5.95 Å². The summed E-state index contributed by atoms with van der Waals surface area (Å²) >= 11 is 0. The Morgan fingerprint density at radius 2 is 1.81 bits per heavy atom. The number of rotatable bonds is 5. The van der Waals surface area contributed by atoms with Gasteiger partial charge >= 0.3 is 5.69 Å². The first kappa shape index (κ1) is 17.5. The number of hydrogen-bond donors (Lipinski definition) is 1. The van der Waals surface area contributed by atoms with Crippen LogP contribution in [-0.2, 0) is 21.1 Å². The Balaban J connectivity index is 1.89. The predicted molar refractivity (Wildman–Crippen MR) is 100 cm³/mol. The monoisotopic (exact) mass is 356 g/mol. The van der Waals surface area contributed by atoms with Crippen LogP contribution in [0, 0.1) is 0 Å². The Morgan fingerprint density at radius 3 is 2.46 bits per heavy atom. The zero-order chi connectivity index (χ0) is 18.8. The Morgan fingerprint density at radius 1 is 1.12 bits per heavy atom. The number of nitrogens with one attached hydrogen (secondary N) is 1. The van der Waals surface area contributed by atoms with E-state index in [0.717, 1.165) is 15.9 Å². The van der Waals surface area contributed by atoms with Gasteiger partial charge in [-0.2, -0.15) is 10.1 Å². The van der Waals surface area contributed by atoms with Crippen LogP contribution >= 0.6 is 0 Å². The van der Waals surface area contributed by atoms with E-state index in [1.165, 1.54) is 11.6 Å². The second-order valence-corrected chi connectivity index (χ2v) is 5.74. The summed E-state index contributed by atoms with van der Waals surface area (Å²) in [6.07, 6.45) is 1.63. The maximum Gasteiger partial charge on any atom is 0.332 e. The third kappa shape index (κ3) is 2.99. The largest absolute Gasteiger partial charge is 0.494 e. The van der Waals surface area contributed by atoms with Gasteiger partial charge in [-0.1, -0.05) is 0 Å². The highest BCUT2D eigenvalue weighted by Gasteiger charge is 2.16. The molecule has 9 nitrogen and oxygen atoms in total. The molecule has 0 amide bonds. The standard InChI is InChI=1S/C17H20N6O3/c1-5-26-12-8-6-11(7-9-12)10-18-20-16-19-14-13(21(16)2)15(24)23(4)17(25)22(14)3/h6-10H,5H2,1-4H3,(H,19,20). The predicted octanol–water partition coefficient (Wildman–Crippen LogP) is 0.815. The van der Waals surface area contributed by atoms with Crippen LogP contribution in [0.2, 0.25) is 0 Å². The molecule has 3 rings (SSSR count). The van der Waals surface area contributed by atoms with Crippen molar-refractivity contribution >= 4 is 23.3 Å². The van der Waals surface area contributed by atoms with Crippen LogP contribution in [0.25, 0.3) is 11.2 Å². The van der Waals surface area contributed by atoms with Gasteiger partial charge in [-0.3, -0.25) is 13.9 Å². The second kappa shape index (κ2) is 6.87. The zero-order valence-corrected chi connectivity index (χ0v) is 15.1. The molecule has 0 fully saturated rings. The molecule has 0 aliphatic carbocycles. The van der Waals surface area contributed by atoms with E-state index in [0.29, 0.717) is 23.7 Å². The van der Waals surface area contributed by atoms with E-state index in [9.17, 15) is 9.59 Å². The van der Waals surface area contributed by atoms with Crippen molar-refractivity contribution in [2.75, 3.05) is 12.0 Å². The number of hydrazone groups is 1. The first-order chi connectivity index (χ1) is 12.4. The van der Waals surface area contributed by atoms with Crippen LogP contribution in [0.4, 0.5) is 5.95 Å². The van der Waals surface area contributed by atoms with E-state index in [1.807, 2.05) is 31.2 Å². The molecule has 0 saturated heterocycles. The van der Waals surface area contributed by atoms with Gasteiger partial charge in [-0.15, -0.1) is 0 Å². The Bertz CT molecular complexity index is 1090. The molecule has 9 heteroatoms. The van der Waals surface area contributed by atoms with Crippen molar-refractivity contribution in [3.63, 3.8) is 0 Å². The molecule has 1 N–H and O–H groups in total. The smallest absolute Gasteiger partial charge is 0.332 e. The molecule has 0 aliphatic rings. The molecule has 0 aliphatic heterocycles. The zero-order valence-electron chi connectivity index (χ0n) is 15.1. The fourth-order valence-corrected chi connectivity index (χ4v) is 2.60. The van der Waals surface area contributed by atoms with Gasteiger partial charge < -0.3 is 9.30 Å². The minimum Gasteiger partial charge on any atom is -0.494 e. The highest BCUT2D eigenvalue weighted by Crippen LogP contribution is 2.13. The number of fused-ring (bicyclic) bond motifs is 1. The molecule has 0 saturated carbocycles. The van der Waals surface area contributed by atoms with Crippen molar-refractivity contribution in [1.82, 2.24) is 18.7 Å². The second-order valence-electron chi connectivity index (χ2n) is 5.74. The van der Waals surface area contributed by atoms with Gasteiger partial charge in [0, 0.05) is 21.1 Å². The lowest BCUT2D eigenvalue weighted by Gasteiger charge is -2.03. The van der Waals surface area contributed by atoms with Crippen molar-refractivity contribution < 1.29 is 4.74 Å². The average molecular weight is 356 g/mol. The van der Waals surface area contributed by atoms with E-state index in [-0.39, 0.29) is 0 Å². The number of ether oxygens (including phenoxy) is 1. The molecular weight excluding hydrogens is 336 g/mol. The molecule has 26 heavy (non-hydrogen) atoms. The molecule has 136 valence electrons. The van der Waals surface area contributed by atoms with Crippen LogP contribution in [0.1, 0.15) is 12.5 Å². The van der Waals surface area contributed by atoms with Crippen LogP contribution in [0.15, 0.2) is 39.0 Å². The number of nitrogens with zero attached hydrogens (tertiary/aromatic N) is 5. The molecular formula is C17H20N6O3. The van der Waals surface area contributed by atoms with E-state index >= 15 is 0 Å². The van der Waals surface area contributed by atoms with Crippen LogP contribution < -0.4 is 21.4 Å². The maximum absolute atomic E-state index is 12.3. The lowest BCUT2D eigenvalue weighted by molar-refractivity contribution is 0.340. The van der Waals surface area contributed by atoms with Crippen molar-refractivity contribution in [1.29, 1.82) is 0 Å². The van der Waals surface area contributed by atoms with Crippen molar-refractivity contribution in [2.24, 2.45) is 26.2 Å². The molecule has 1 aromatic carbocycles. The number of anilines is 1. The first-order valence-corrected chi connectivity index (χ1v) is 8.08. The maximum atomic E-state index is 12.3. The lowest BCUT2D eigenvalue weighted by atomic mass is 10.2. The van der Waals surface area contributed by atoms with E-state index in [4.69, 9.17) is 4.74 Å². The van der Waals surface area contributed by atoms with E-state index in [2.05, 4.69) is 15.5 Å². The van der Waals surface area contributed by atoms with Crippen LogP contribution in [-0.4, -0.2) is 31.5 Å². The number of aryl methyl sites for hydroxylation is 2. The Hall–Kier alpha value is -3.36. The Labute approximate surface area is 149 Å². The summed E-state index contributed by atoms with van der Waals surface area (Å²) < 4.78 is 9.35. The highest BCUT2D eigenvalue weighted by atomic mass is 16.5. The molecule has 3 aromatic rings. The minimum atomic E-state index is -0.426. The molecule has 2 aromatic heterocycles. The summed E-state index contributed by atoms with van der Waals surface area (Å²) in [5.74, 6) is 1.16. The van der Waals surface area contributed by atoms with Gasteiger partial charge in [0.15, 0.2) is 11.2 Å². The van der Waals surface area contributed by atoms with Crippen molar-refractivity contribution in [2.45, 2.75) is 6.92 Å². The summed E-state index contributed by atoms with van der Waals surface area (Å²) in [7, 11) is 4.70. The first-order valence-electron chi connectivity index (χ1n) is 8.08. The van der Waals surface area contributed by atoms with E-state index < -0.39 is 11.2 Å². The summed E-state index contributed by atoms with van der Waals surface area (Å²) in [6.45, 7) is 2.54. The molecule has 0 bridgehead atoms. The SMILES string of the molecule is CCOc1ccc(C=NNc2nc3c(c(=O)n(C)c(=O)n3C)n2C)cc1. The Kier molecular flexibility index (Phi) is 4.61. The molecule has 0 spiro atoms. The summed E-state index contributed by atoms with van der Waals surface area (Å²) in [4.78, 5) is 28.7. The summed E-state index contributed by atoms with van der Waals surface area (Å²) in [5.41, 5.74) is 3.49. The molecule has 0 radical (unpaired) electrons. The number of aromatic nitrogens is 4. The lowest BCUT2D eigenvalue weighted by Crippen LogP contribution is -2.37. The van der Waals surface area contributed by atoms with Gasteiger partial charge in [-0.25, -0.2) is 10.2 Å². The number of benzene rings is 1. The fourth-order valence-electron chi connectivity index (χ4n) is 2.60. The van der Waals surface area contributed by atoms with Gasteiger partial charge in [0.05, 0.1) is 12.8 Å². The quantitative estimate of drug-likeness (QED) is 0.539. The van der Waals surface area contributed by atoms with Crippen LogP contribution in [0.5, 0.6) is 5.75 Å². The van der Waals surface area contributed by atoms with Gasteiger partial charge in [0.1, 0.15) is 5.75 Å². The topological polar surface area (TPSA) is 95.4 Å². The highest BCUT2D eigenvalue weighted by molar-refractivity contribution is 5.80. The average Bonchev–Trinajstić information content (AvgIpc) is 2.97. The summed E-state index contributed by atoms with van der Waals surface area (Å²) in [6, 6.07) is 7.48. The summed E-state index contributed by atoms with van der Waals surface area (Å²) in [5, 5.41) is 4.15. The number of hydrogen-bond acceptors (Lipinski definition) is 6. The third-order valence-electron chi connectivity index (χ3n) is 4.04. The van der Waals surface area contributed by atoms with Crippen LogP contribution in [0.3, 0.4) is 0 Å². The third-order valence-corrected chi connectivity index (χ3v) is 4.04. The minimum absolute atomic E-state index is 0.305. The van der Waals surface area contributed by atoms with Crippen molar-refractivity contribution in [3.05, 3.63) is 50.7 Å². The number of imidazole rings is 1. The normalized spacial score (nSPS) is 11.4. The molecule has 0 atom stereocenters. The van der Waals surface area contributed by atoms with Crippen molar-refractivity contribution in [3.8, 4) is 5.75 Å². The molecule has 2 heterocycles. The van der Waals surface area contributed by atoms with E-state index in [1.54, 1.807) is 24.9 Å². The molecule has 0 unspecified atom stereocenters. The van der Waals surface area contributed by atoms with Gasteiger partial charge in [0.25, 0.3) is 5.56 Å².